The van der Waals surface area contributed by atoms with Crippen molar-refractivity contribution < 1.29 is 23.9 Å². The second-order valence-electron chi connectivity index (χ2n) is 12.0. The molecule has 1 aliphatic rings. The Kier molecular flexibility index (Phi) is 9.81. The Bertz CT molecular complexity index is 1360. The second kappa shape index (κ2) is 13.3. The first-order valence-electron chi connectivity index (χ1n) is 14.5. The maximum atomic E-state index is 12.9. The molecule has 7 heteroatoms. The minimum Gasteiger partial charge on any atom is -0.467 e. The van der Waals surface area contributed by atoms with Crippen LogP contribution in [0.25, 0.3) is 10.8 Å². The van der Waals surface area contributed by atoms with E-state index in [2.05, 4.69) is 60.0 Å². The van der Waals surface area contributed by atoms with E-state index in [4.69, 9.17) is 9.47 Å². The molecule has 0 aromatic heterocycles. The summed E-state index contributed by atoms with van der Waals surface area (Å²) in [7, 11) is 1.22. The van der Waals surface area contributed by atoms with Crippen LogP contribution in [0.15, 0.2) is 66.7 Å². The molecule has 4 rings (SSSR count). The highest BCUT2D eigenvalue weighted by Gasteiger charge is 2.29. The van der Waals surface area contributed by atoms with E-state index in [0.717, 1.165) is 25.7 Å². The fraction of sp³-hybridized carbons (Fsp3) is 0.441. The van der Waals surface area contributed by atoms with Gasteiger partial charge in [0.1, 0.15) is 11.6 Å². The lowest BCUT2D eigenvalue weighted by Crippen LogP contribution is -2.43. The van der Waals surface area contributed by atoms with Gasteiger partial charge in [-0.2, -0.15) is 0 Å². The van der Waals surface area contributed by atoms with E-state index in [1.54, 1.807) is 32.9 Å². The van der Waals surface area contributed by atoms with E-state index in [1.807, 2.05) is 12.1 Å². The topological polar surface area (TPSA) is 93.7 Å². The Morgan fingerprint density at radius 1 is 0.951 bits per heavy atom. The number of ether oxygens (including phenoxy) is 2. The number of amides is 1. The van der Waals surface area contributed by atoms with E-state index in [-0.39, 0.29) is 12.5 Å². The van der Waals surface area contributed by atoms with E-state index >= 15 is 0 Å². The summed E-state index contributed by atoms with van der Waals surface area (Å²) in [6.07, 6.45) is 4.10. The third kappa shape index (κ3) is 8.17. The zero-order chi connectivity index (χ0) is 29.6. The monoisotopic (exact) mass is 558 g/mol. The van der Waals surface area contributed by atoms with Gasteiger partial charge in [0.25, 0.3) is 5.91 Å². The van der Waals surface area contributed by atoms with Crippen LogP contribution in [0.5, 0.6) is 0 Å². The number of rotatable bonds is 9. The van der Waals surface area contributed by atoms with Crippen LogP contribution in [-0.2, 0) is 19.1 Å². The van der Waals surface area contributed by atoms with Gasteiger partial charge in [-0.3, -0.25) is 9.59 Å². The van der Waals surface area contributed by atoms with Crippen molar-refractivity contribution >= 4 is 28.6 Å². The van der Waals surface area contributed by atoms with E-state index in [9.17, 15) is 14.4 Å². The van der Waals surface area contributed by atoms with Crippen LogP contribution in [-0.4, -0.2) is 42.6 Å². The van der Waals surface area contributed by atoms with Crippen LogP contribution in [0.4, 0.5) is 0 Å². The van der Waals surface area contributed by atoms with Crippen LogP contribution in [0, 0.1) is 0 Å². The Morgan fingerprint density at radius 2 is 1.66 bits per heavy atom. The molecule has 7 nitrogen and oxygen atoms in total. The molecule has 1 saturated carbocycles. The molecule has 4 atom stereocenters. The van der Waals surface area contributed by atoms with Crippen molar-refractivity contribution in [2.45, 2.75) is 89.4 Å². The van der Waals surface area contributed by atoms with Crippen LogP contribution in [0.2, 0.25) is 0 Å². The summed E-state index contributed by atoms with van der Waals surface area (Å²) in [6, 6.07) is 22.1. The number of benzene rings is 3. The van der Waals surface area contributed by atoms with Crippen LogP contribution >= 0.6 is 0 Å². The first-order valence-corrected chi connectivity index (χ1v) is 14.5. The molecular weight excluding hydrogens is 516 g/mol. The van der Waals surface area contributed by atoms with Crippen molar-refractivity contribution in [1.82, 2.24) is 10.6 Å². The predicted octanol–water partition coefficient (Wildman–Crippen LogP) is 6.22. The van der Waals surface area contributed by atoms with Crippen molar-refractivity contribution in [1.29, 1.82) is 0 Å². The maximum Gasteiger partial charge on any atom is 0.328 e. The number of esters is 2. The van der Waals surface area contributed by atoms with Gasteiger partial charge >= 0.3 is 11.9 Å². The molecule has 3 unspecified atom stereocenters. The Labute approximate surface area is 243 Å². The van der Waals surface area contributed by atoms with Crippen molar-refractivity contribution in [3.05, 3.63) is 83.4 Å². The van der Waals surface area contributed by atoms with Crippen LogP contribution in [0.3, 0.4) is 0 Å². The summed E-state index contributed by atoms with van der Waals surface area (Å²) < 4.78 is 10.1. The zero-order valence-electron chi connectivity index (χ0n) is 24.7. The zero-order valence-corrected chi connectivity index (χ0v) is 24.7. The van der Waals surface area contributed by atoms with Gasteiger partial charge in [-0.05, 0) is 86.9 Å². The van der Waals surface area contributed by atoms with Gasteiger partial charge in [-0.15, -0.1) is 0 Å². The van der Waals surface area contributed by atoms with Gasteiger partial charge in [-0.25, -0.2) is 4.79 Å². The smallest absolute Gasteiger partial charge is 0.328 e. The van der Waals surface area contributed by atoms with Crippen molar-refractivity contribution in [2.24, 2.45) is 0 Å². The third-order valence-corrected chi connectivity index (χ3v) is 7.68. The Morgan fingerprint density at radius 3 is 2.37 bits per heavy atom. The summed E-state index contributed by atoms with van der Waals surface area (Å²) >= 11 is 0. The summed E-state index contributed by atoms with van der Waals surface area (Å²) in [5.74, 6) is -1.33. The highest BCUT2D eigenvalue weighted by molar-refractivity contribution is 5.97. The van der Waals surface area contributed by atoms with E-state index < -0.39 is 29.5 Å². The largest absolute Gasteiger partial charge is 0.467 e. The molecule has 2 N–H and O–H groups in total. The van der Waals surface area contributed by atoms with Crippen molar-refractivity contribution in [2.75, 3.05) is 7.11 Å². The quantitative estimate of drug-likeness (QED) is 0.303. The third-order valence-electron chi connectivity index (χ3n) is 7.68. The molecule has 218 valence electrons. The first kappa shape index (κ1) is 30.3. The molecule has 41 heavy (non-hydrogen) atoms. The van der Waals surface area contributed by atoms with Gasteiger partial charge in [-0.1, -0.05) is 61.0 Å². The fourth-order valence-electron chi connectivity index (χ4n) is 5.75. The number of hydrogen-bond acceptors (Lipinski definition) is 6. The molecule has 1 fully saturated rings. The first-order chi connectivity index (χ1) is 19.5. The van der Waals surface area contributed by atoms with E-state index in [1.165, 1.54) is 29.0 Å². The average molecular weight is 559 g/mol. The summed E-state index contributed by atoms with van der Waals surface area (Å²) in [6.45, 7) is 7.47. The minimum atomic E-state index is -1.13. The van der Waals surface area contributed by atoms with Gasteiger partial charge < -0.3 is 20.1 Å². The molecule has 0 heterocycles. The molecule has 1 amide bonds. The molecule has 0 bridgehead atoms. The van der Waals surface area contributed by atoms with Crippen LogP contribution in [0.1, 0.15) is 93.2 Å². The van der Waals surface area contributed by atoms with E-state index in [0.29, 0.717) is 17.5 Å². The number of carbonyl (C=O) groups excluding carboxylic acids is 3. The van der Waals surface area contributed by atoms with Crippen molar-refractivity contribution in [3.63, 3.8) is 0 Å². The highest BCUT2D eigenvalue weighted by atomic mass is 16.6. The number of nitrogens with one attached hydrogen (secondary N) is 2. The van der Waals surface area contributed by atoms with Gasteiger partial charge in [0.05, 0.1) is 13.5 Å². The molecule has 3 aromatic carbocycles. The fourth-order valence-corrected chi connectivity index (χ4v) is 5.75. The number of hydrogen-bond donors (Lipinski definition) is 2. The normalized spacial score (nSPS) is 18.8. The Hall–Kier alpha value is -3.71. The number of fused-ring (bicyclic) bond motifs is 1. The molecule has 3 aromatic rings. The maximum absolute atomic E-state index is 12.9. The lowest BCUT2D eigenvalue weighted by atomic mass is 9.80. The second-order valence-corrected chi connectivity index (χ2v) is 12.0. The summed E-state index contributed by atoms with van der Waals surface area (Å²) in [5.41, 5.74) is 2.24. The molecule has 0 saturated heterocycles. The summed E-state index contributed by atoms with van der Waals surface area (Å²) in [5, 5.41) is 9.06. The molecule has 0 aliphatic heterocycles. The molecule has 0 spiro atoms. The van der Waals surface area contributed by atoms with Gasteiger partial charge in [0, 0.05) is 17.6 Å². The van der Waals surface area contributed by atoms with Crippen molar-refractivity contribution in [3.8, 4) is 0 Å². The highest BCUT2D eigenvalue weighted by Crippen LogP contribution is 2.34. The molecular formula is C34H42N2O5. The molecule has 1 aliphatic carbocycles. The molecule has 0 radical (unpaired) electrons. The Balaban J connectivity index is 1.37. The predicted molar refractivity (Wildman–Crippen MR) is 161 cm³/mol. The van der Waals surface area contributed by atoms with Gasteiger partial charge in [0.2, 0.25) is 0 Å². The standard InChI is InChI=1S/C34H42N2O5/c1-22(28-15-9-11-24-10-6-7-14-29(24)28)35-27-13-8-12-26(20-27)23-16-18-25(19-17-23)32(38)36-30(33(39)40-5)21-31(37)41-34(2,3)4/h6-7,9-11,14-19,22,26-27,30,35H,8,12-13,20-21H2,1-5H3,(H,36,38)/t22-,26?,27?,30?/m1/s1. The number of carbonyl (C=O) groups is 3. The number of methoxy groups -OCH3 is 1. The van der Waals surface area contributed by atoms with Gasteiger partial charge in [0.15, 0.2) is 0 Å². The SMILES string of the molecule is COC(=O)C(CC(=O)OC(C)(C)C)NC(=O)c1ccc(C2CCCC(N[C@H](C)c3cccc4ccccc34)C2)cc1. The average Bonchev–Trinajstić information content (AvgIpc) is 2.95. The minimum absolute atomic E-state index is 0.236. The lowest BCUT2D eigenvalue weighted by molar-refractivity contribution is -0.158. The van der Waals surface area contributed by atoms with Crippen LogP contribution < -0.4 is 10.6 Å². The summed E-state index contributed by atoms with van der Waals surface area (Å²) in [4.78, 5) is 37.5. The lowest BCUT2D eigenvalue weighted by Gasteiger charge is -2.32.